The summed E-state index contributed by atoms with van der Waals surface area (Å²) in [4.78, 5) is 25.2. The molecule has 1 heterocycles. The van der Waals surface area contributed by atoms with Gasteiger partial charge in [-0.15, -0.1) is 0 Å². The molecule has 1 saturated heterocycles. The van der Waals surface area contributed by atoms with Gasteiger partial charge in [0.2, 0.25) is 11.8 Å². The van der Waals surface area contributed by atoms with Crippen LogP contribution in [0, 0.1) is 0 Å². The largest absolute Gasteiger partial charge is 0.354 e. The Morgan fingerprint density at radius 1 is 1.39 bits per heavy atom. The number of piperazine rings is 1. The molecule has 0 bridgehead atoms. The molecule has 18 heavy (non-hydrogen) atoms. The number of carbonyl (C=O) groups excluding carboxylic acids is 2. The maximum absolute atomic E-state index is 11.9. The normalized spacial score (nSPS) is 20.0. The summed E-state index contributed by atoms with van der Waals surface area (Å²) in [6.07, 6.45) is 1.54. The molecule has 1 unspecified atom stereocenters. The van der Waals surface area contributed by atoms with E-state index in [4.69, 9.17) is 0 Å². The van der Waals surface area contributed by atoms with Crippen LogP contribution in [0.2, 0.25) is 0 Å². The fourth-order valence-corrected chi connectivity index (χ4v) is 2.11. The first-order chi connectivity index (χ1) is 8.49. The van der Waals surface area contributed by atoms with Crippen LogP contribution in [0.1, 0.15) is 40.0 Å². The number of hydrogen-bond acceptors (Lipinski definition) is 3. The lowest BCUT2D eigenvalue weighted by molar-refractivity contribution is -0.132. The predicted octanol–water partition coefficient (Wildman–Crippen LogP) is 0.502. The summed E-state index contributed by atoms with van der Waals surface area (Å²) in [5, 5.41) is 6.13. The fourth-order valence-electron chi connectivity index (χ4n) is 2.11. The number of rotatable bonds is 5. The molecule has 1 aliphatic heterocycles. The molecular formula is C13H25N3O2. The van der Waals surface area contributed by atoms with Gasteiger partial charge in [-0.1, -0.05) is 0 Å². The number of amides is 2. The number of carbonyl (C=O) groups is 2. The van der Waals surface area contributed by atoms with Gasteiger partial charge < -0.3 is 15.5 Å². The molecule has 0 aliphatic carbocycles. The van der Waals surface area contributed by atoms with Crippen molar-refractivity contribution in [3.8, 4) is 0 Å². The van der Waals surface area contributed by atoms with Gasteiger partial charge in [0.25, 0.3) is 0 Å². The molecule has 2 amide bonds. The average Bonchev–Trinajstić information content (AvgIpc) is 2.27. The van der Waals surface area contributed by atoms with Gasteiger partial charge >= 0.3 is 0 Å². The molecule has 0 aromatic heterocycles. The molecule has 0 aromatic carbocycles. The second-order valence-corrected chi connectivity index (χ2v) is 5.27. The highest BCUT2D eigenvalue weighted by Crippen LogP contribution is 2.05. The molecule has 1 atom stereocenters. The van der Waals surface area contributed by atoms with Crippen molar-refractivity contribution in [1.82, 2.24) is 15.5 Å². The Bertz CT molecular complexity index is 292. The first kappa shape index (κ1) is 15.0. The van der Waals surface area contributed by atoms with Crippen molar-refractivity contribution >= 4 is 11.8 Å². The zero-order valence-corrected chi connectivity index (χ0v) is 11.7. The van der Waals surface area contributed by atoms with Crippen molar-refractivity contribution in [2.75, 3.05) is 19.6 Å². The van der Waals surface area contributed by atoms with Gasteiger partial charge in [0.15, 0.2) is 0 Å². The molecule has 0 spiro atoms. The van der Waals surface area contributed by atoms with Crippen LogP contribution < -0.4 is 10.6 Å². The highest BCUT2D eigenvalue weighted by Gasteiger charge is 2.20. The van der Waals surface area contributed by atoms with E-state index in [1.54, 1.807) is 0 Å². The van der Waals surface area contributed by atoms with Crippen LogP contribution in [0.15, 0.2) is 0 Å². The van der Waals surface area contributed by atoms with Gasteiger partial charge in [0, 0.05) is 44.6 Å². The van der Waals surface area contributed by atoms with Gasteiger partial charge in [-0.2, -0.15) is 0 Å². The van der Waals surface area contributed by atoms with E-state index in [0.717, 1.165) is 19.6 Å². The highest BCUT2D eigenvalue weighted by molar-refractivity contribution is 5.79. The van der Waals surface area contributed by atoms with E-state index in [1.807, 2.05) is 18.7 Å². The summed E-state index contributed by atoms with van der Waals surface area (Å²) in [6.45, 7) is 8.37. The van der Waals surface area contributed by atoms with Crippen molar-refractivity contribution in [1.29, 1.82) is 0 Å². The van der Waals surface area contributed by atoms with E-state index >= 15 is 0 Å². The molecule has 104 valence electrons. The van der Waals surface area contributed by atoms with Crippen LogP contribution in [0.4, 0.5) is 0 Å². The number of nitrogens with zero attached hydrogens (tertiary/aromatic N) is 1. The lowest BCUT2D eigenvalue weighted by atomic mass is 10.1. The maximum Gasteiger partial charge on any atom is 0.222 e. The molecule has 0 aromatic rings. The molecule has 1 rings (SSSR count). The molecule has 0 saturated carbocycles. The van der Waals surface area contributed by atoms with Gasteiger partial charge in [-0.25, -0.2) is 0 Å². The van der Waals surface area contributed by atoms with E-state index in [1.165, 1.54) is 0 Å². The van der Waals surface area contributed by atoms with Crippen LogP contribution >= 0.6 is 0 Å². The molecular weight excluding hydrogens is 230 g/mol. The second kappa shape index (κ2) is 7.36. The van der Waals surface area contributed by atoms with Crippen LogP contribution in [0.3, 0.4) is 0 Å². The lowest BCUT2D eigenvalue weighted by Gasteiger charge is -2.32. The van der Waals surface area contributed by atoms with Gasteiger partial charge in [0.1, 0.15) is 0 Å². The average molecular weight is 255 g/mol. The van der Waals surface area contributed by atoms with Crippen molar-refractivity contribution < 1.29 is 9.59 Å². The summed E-state index contributed by atoms with van der Waals surface area (Å²) in [6, 6.07) is 0.536. The minimum absolute atomic E-state index is 0.0338. The van der Waals surface area contributed by atoms with Crippen molar-refractivity contribution in [3.63, 3.8) is 0 Å². The standard InChI is InChI=1S/C13H25N3O2/c1-10(2)15-12(17)5-4-6-13(18)16-8-7-14-11(3)9-16/h10-11,14H,4-9H2,1-3H3,(H,15,17). The lowest BCUT2D eigenvalue weighted by Crippen LogP contribution is -2.51. The van der Waals surface area contributed by atoms with Gasteiger partial charge in [-0.05, 0) is 27.2 Å². The van der Waals surface area contributed by atoms with Crippen LogP contribution in [0.5, 0.6) is 0 Å². The summed E-state index contributed by atoms with van der Waals surface area (Å²) < 4.78 is 0. The van der Waals surface area contributed by atoms with E-state index < -0.39 is 0 Å². The van der Waals surface area contributed by atoms with E-state index in [9.17, 15) is 9.59 Å². The minimum atomic E-state index is 0.0338. The minimum Gasteiger partial charge on any atom is -0.354 e. The Labute approximate surface area is 109 Å². The zero-order chi connectivity index (χ0) is 13.5. The van der Waals surface area contributed by atoms with Crippen molar-refractivity contribution in [3.05, 3.63) is 0 Å². The molecule has 1 aliphatic rings. The predicted molar refractivity (Wildman–Crippen MR) is 71.2 cm³/mol. The monoisotopic (exact) mass is 255 g/mol. The number of nitrogens with one attached hydrogen (secondary N) is 2. The molecule has 5 nitrogen and oxygen atoms in total. The SMILES string of the molecule is CC(C)NC(=O)CCCC(=O)N1CCNC(C)C1. The smallest absolute Gasteiger partial charge is 0.222 e. The van der Waals surface area contributed by atoms with E-state index in [2.05, 4.69) is 17.6 Å². The molecule has 0 radical (unpaired) electrons. The van der Waals surface area contributed by atoms with Crippen molar-refractivity contribution in [2.45, 2.75) is 52.1 Å². The van der Waals surface area contributed by atoms with Crippen LogP contribution in [-0.2, 0) is 9.59 Å². The summed E-state index contributed by atoms with van der Waals surface area (Å²) >= 11 is 0. The fraction of sp³-hybridized carbons (Fsp3) is 0.846. The summed E-state index contributed by atoms with van der Waals surface area (Å²) in [5.74, 6) is 0.201. The summed E-state index contributed by atoms with van der Waals surface area (Å²) in [7, 11) is 0. The Morgan fingerprint density at radius 3 is 2.72 bits per heavy atom. The third-order valence-corrected chi connectivity index (χ3v) is 2.97. The topological polar surface area (TPSA) is 61.4 Å². The summed E-state index contributed by atoms with van der Waals surface area (Å²) in [5.41, 5.74) is 0. The zero-order valence-electron chi connectivity index (χ0n) is 11.7. The van der Waals surface area contributed by atoms with Crippen LogP contribution in [-0.4, -0.2) is 48.4 Å². The Hall–Kier alpha value is -1.10. The van der Waals surface area contributed by atoms with E-state index in [0.29, 0.717) is 25.3 Å². The first-order valence-corrected chi connectivity index (χ1v) is 6.79. The quantitative estimate of drug-likeness (QED) is 0.752. The highest BCUT2D eigenvalue weighted by atomic mass is 16.2. The Balaban J connectivity index is 2.18. The van der Waals surface area contributed by atoms with Crippen molar-refractivity contribution in [2.24, 2.45) is 0 Å². The van der Waals surface area contributed by atoms with E-state index in [-0.39, 0.29) is 17.9 Å². The first-order valence-electron chi connectivity index (χ1n) is 6.79. The molecule has 2 N–H and O–H groups in total. The third kappa shape index (κ3) is 5.49. The van der Waals surface area contributed by atoms with Crippen LogP contribution in [0.25, 0.3) is 0 Å². The second-order valence-electron chi connectivity index (χ2n) is 5.27. The molecule has 1 fully saturated rings. The Kier molecular flexibility index (Phi) is 6.12. The molecule has 5 heteroatoms. The van der Waals surface area contributed by atoms with Gasteiger partial charge in [-0.3, -0.25) is 9.59 Å². The third-order valence-electron chi connectivity index (χ3n) is 2.97. The number of hydrogen-bond donors (Lipinski definition) is 2. The Morgan fingerprint density at radius 2 is 2.11 bits per heavy atom. The maximum atomic E-state index is 11.9. The van der Waals surface area contributed by atoms with Gasteiger partial charge in [0.05, 0.1) is 0 Å².